The van der Waals surface area contributed by atoms with E-state index in [4.69, 9.17) is 0 Å². The third-order valence-electron chi connectivity index (χ3n) is 3.90. The molecule has 1 aliphatic heterocycles. The van der Waals surface area contributed by atoms with E-state index in [0.29, 0.717) is 16.3 Å². The van der Waals surface area contributed by atoms with E-state index in [0.717, 1.165) is 30.7 Å². The van der Waals surface area contributed by atoms with Crippen LogP contribution in [0.5, 0.6) is 0 Å². The first-order valence-corrected chi connectivity index (χ1v) is 9.08. The quantitative estimate of drug-likeness (QED) is 0.932. The van der Waals surface area contributed by atoms with E-state index in [1.54, 1.807) is 24.4 Å². The highest BCUT2D eigenvalue weighted by Gasteiger charge is 2.15. The molecule has 21 heavy (non-hydrogen) atoms. The number of fused-ring (bicyclic) bond motifs is 1. The van der Waals surface area contributed by atoms with E-state index >= 15 is 0 Å². The van der Waals surface area contributed by atoms with Crippen molar-refractivity contribution in [1.82, 2.24) is 15.3 Å². The molecule has 1 aromatic carbocycles. The van der Waals surface area contributed by atoms with Crippen molar-refractivity contribution in [2.75, 3.05) is 19.3 Å². The fraction of sp³-hybridized carbons (Fsp3) is 0.467. The molecular weight excluding hydrogens is 286 g/mol. The molecule has 112 valence electrons. The molecule has 5 nitrogen and oxygen atoms in total. The molecule has 1 atom stereocenters. The van der Waals surface area contributed by atoms with Crippen LogP contribution < -0.4 is 5.32 Å². The van der Waals surface area contributed by atoms with Crippen LogP contribution in [-0.2, 0) is 16.3 Å². The standard InChI is InChI=1S/C15H19N3O2S/c1-21(19,20)13-5-4-12-10-17-15(18-14(12)8-13)7-11-3-2-6-16-9-11/h4-5,8,10-11,16H,2-3,6-7,9H2,1H3/t11-/m0/s1. The minimum atomic E-state index is -3.20. The van der Waals surface area contributed by atoms with Crippen LogP contribution in [0, 0.1) is 5.92 Å². The summed E-state index contributed by atoms with van der Waals surface area (Å²) in [6.07, 6.45) is 6.21. The second-order valence-corrected chi connectivity index (χ2v) is 7.71. The number of aromatic nitrogens is 2. The molecule has 0 radical (unpaired) electrons. The molecule has 0 saturated carbocycles. The van der Waals surface area contributed by atoms with Gasteiger partial charge in [-0.25, -0.2) is 18.4 Å². The van der Waals surface area contributed by atoms with Crippen LogP contribution in [0.25, 0.3) is 10.9 Å². The Hall–Kier alpha value is -1.53. The van der Waals surface area contributed by atoms with Gasteiger partial charge in [-0.3, -0.25) is 0 Å². The fourth-order valence-corrected chi connectivity index (χ4v) is 3.37. The Kier molecular flexibility index (Phi) is 3.91. The Balaban J connectivity index is 1.90. The average Bonchev–Trinajstić information content (AvgIpc) is 2.46. The van der Waals surface area contributed by atoms with E-state index in [-0.39, 0.29) is 0 Å². The fourth-order valence-electron chi connectivity index (χ4n) is 2.73. The second-order valence-electron chi connectivity index (χ2n) is 5.70. The van der Waals surface area contributed by atoms with Gasteiger partial charge in [0.1, 0.15) is 5.82 Å². The van der Waals surface area contributed by atoms with Gasteiger partial charge in [-0.05, 0) is 50.0 Å². The molecule has 0 unspecified atom stereocenters. The SMILES string of the molecule is CS(=O)(=O)c1ccc2cnc(C[C@@H]3CCCNC3)nc2c1. The summed E-state index contributed by atoms with van der Waals surface area (Å²) in [5, 5.41) is 4.25. The summed E-state index contributed by atoms with van der Waals surface area (Å²) >= 11 is 0. The molecule has 0 spiro atoms. The molecule has 1 N–H and O–H groups in total. The number of hydrogen-bond donors (Lipinski definition) is 1. The van der Waals surface area contributed by atoms with Crippen molar-refractivity contribution in [2.45, 2.75) is 24.2 Å². The summed E-state index contributed by atoms with van der Waals surface area (Å²) in [6.45, 7) is 2.09. The van der Waals surface area contributed by atoms with Gasteiger partial charge in [0.15, 0.2) is 9.84 Å². The Labute approximate surface area is 124 Å². The van der Waals surface area contributed by atoms with Crippen LogP contribution in [0.3, 0.4) is 0 Å². The predicted molar refractivity (Wildman–Crippen MR) is 81.9 cm³/mol. The molecular formula is C15H19N3O2S. The molecule has 1 saturated heterocycles. The summed E-state index contributed by atoms with van der Waals surface area (Å²) < 4.78 is 23.3. The van der Waals surface area contributed by atoms with Gasteiger partial charge in [0.05, 0.1) is 10.4 Å². The minimum absolute atomic E-state index is 0.305. The molecule has 0 bridgehead atoms. The first kappa shape index (κ1) is 14.4. The van der Waals surface area contributed by atoms with Gasteiger partial charge in [0, 0.05) is 24.3 Å². The first-order chi connectivity index (χ1) is 10.0. The molecule has 3 rings (SSSR count). The van der Waals surface area contributed by atoms with Gasteiger partial charge in [-0.15, -0.1) is 0 Å². The zero-order valence-corrected chi connectivity index (χ0v) is 12.9. The number of rotatable bonds is 3. The zero-order valence-electron chi connectivity index (χ0n) is 12.0. The summed E-state index contributed by atoms with van der Waals surface area (Å²) in [5.74, 6) is 1.36. The average molecular weight is 305 g/mol. The summed E-state index contributed by atoms with van der Waals surface area (Å²) in [4.78, 5) is 9.25. The van der Waals surface area contributed by atoms with Crippen molar-refractivity contribution >= 4 is 20.7 Å². The zero-order chi connectivity index (χ0) is 14.9. The Morgan fingerprint density at radius 3 is 2.95 bits per heavy atom. The van der Waals surface area contributed by atoms with Crippen LogP contribution in [0.4, 0.5) is 0 Å². The highest BCUT2D eigenvalue weighted by atomic mass is 32.2. The van der Waals surface area contributed by atoms with E-state index < -0.39 is 9.84 Å². The van der Waals surface area contributed by atoms with Crippen LogP contribution >= 0.6 is 0 Å². The van der Waals surface area contributed by atoms with Crippen LogP contribution in [0.1, 0.15) is 18.7 Å². The van der Waals surface area contributed by atoms with Gasteiger partial charge in [-0.2, -0.15) is 0 Å². The predicted octanol–water partition coefficient (Wildman–Crippen LogP) is 1.58. The molecule has 2 heterocycles. The normalized spacial score (nSPS) is 19.8. The van der Waals surface area contributed by atoms with E-state index in [1.807, 2.05) is 0 Å². The van der Waals surface area contributed by atoms with Crippen molar-refractivity contribution in [2.24, 2.45) is 5.92 Å². The largest absolute Gasteiger partial charge is 0.316 e. The lowest BCUT2D eigenvalue weighted by molar-refractivity contribution is 0.371. The van der Waals surface area contributed by atoms with Crippen LogP contribution in [0.2, 0.25) is 0 Å². The second kappa shape index (κ2) is 5.69. The lowest BCUT2D eigenvalue weighted by Crippen LogP contribution is -2.31. The summed E-state index contributed by atoms with van der Waals surface area (Å²) in [6, 6.07) is 5.00. The molecule has 6 heteroatoms. The number of hydrogen-bond acceptors (Lipinski definition) is 5. The van der Waals surface area contributed by atoms with E-state index in [1.165, 1.54) is 19.1 Å². The Morgan fingerprint density at radius 2 is 2.24 bits per heavy atom. The lowest BCUT2D eigenvalue weighted by Gasteiger charge is -2.21. The van der Waals surface area contributed by atoms with Crippen LogP contribution in [0.15, 0.2) is 29.3 Å². The number of piperidine rings is 1. The van der Waals surface area contributed by atoms with Gasteiger partial charge < -0.3 is 5.32 Å². The highest BCUT2D eigenvalue weighted by Crippen LogP contribution is 2.19. The van der Waals surface area contributed by atoms with E-state index in [9.17, 15) is 8.42 Å². The number of nitrogens with zero attached hydrogens (tertiary/aromatic N) is 2. The maximum Gasteiger partial charge on any atom is 0.175 e. The number of nitrogens with one attached hydrogen (secondary N) is 1. The van der Waals surface area contributed by atoms with Crippen LogP contribution in [-0.4, -0.2) is 37.7 Å². The first-order valence-electron chi connectivity index (χ1n) is 7.19. The lowest BCUT2D eigenvalue weighted by atomic mass is 9.96. The Morgan fingerprint density at radius 1 is 1.38 bits per heavy atom. The van der Waals surface area contributed by atoms with Crippen molar-refractivity contribution in [1.29, 1.82) is 0 Å². The minimum Gasteiger partial charge on any atom is -0.316 e. The monoisotopic (exact) mass is 305 g/mol. The van der Waals surface area contributed by atoms with Gasteiger partial charge in [0.2, 0.25) is 0 Å². The van der Waals surface area contributed by atoms with E-state index in [2.05, 4.69) is 15.3 Å². The molecule has 1 aliphatic rings. The van der Waals surface area contributed by atoms with Gasteiger partial charge >= 0.3 is 0 Å². The third-order valence-corrected chi connectivity index (χ3v) is 5.01. The van der Waals surface area contributed by atoms with Gasteiger partial charge in [0.25, 0.3) is 0 Å². The molecule has 0 amide bonds. The maximum absolute atomic E-state index is 11.6. The van der Waals surface area contributed by atoms with Crippen molar-refractivity contribution in [3.8, 4) is 0 Å². The topological polar surface area (TPSA) is 72.0 Å². The van der Waals surface area contributed by atoms with Gasteiger partial charge in [-0.1, -0.05) is 0 Å². The van der Waals surface area contributed by atoms with Crippen molar-refractivity contribution < 1.29 is 8.42 Å². The smallest absolute Gasteiger partial charge is 0.175 e. The third kappa shape index (κ3) is 3.39. The summed E-state index contributed by atoms with van der Waals surface area (Å²) in [5.41, 5.74) is 0.701. The van der Waals surface area contributed by atoms with Crippen molar-refractivity contribution in [3.05, 3.63) is 30.2 Å². The number of benzene rings is 1. The molecule has 2 aromatic rings. The molecule has 1 fully saturated rings. The Bertz CT molecular complexity index is 753. The summed E-state index contributed by atoms with van der Waals surface area (Å²) in [7, 11) is -3.20. The van der Waals surface area contributed by atoms with Crippen molar-refractivity contribution in [3.63, 3.8) is 0 Å². The molecule has 1 aromatic heterocycles. The molecule has 0 aliphatic carbocycles. The maximum atomic E-state index is 11.6. The highest BCUT2D eigenvalue weighted by molar-refractivity contribution is 7.90. The number of sulfone groups is 1.